The summed E-state index contributed by atoms with van der Waals surface area (Å²) in [4.78, 5) is 6.32. The van der Waals surface area contributed by atoms with Gasteiger partial charge in [0.1, 0.15) is 23.5 Å². The Kier molecular flexibility index (Phi) is 4.69. The van der Waals surface area contributed by atoms with Gasteiger partial charge >= 0.3 is 0 Å². The summed E-state index contributed by atoms with van der Waals surface area (Å²) in [5.74, 6) is 0.327. The lowest BCUT2D eigenvalue weighted by Crippen LogP contribution is -2.37. The summed E-state index contributed by atoms with van der Waals surface area (Å²) in [6, 6.07) is 6.56. The second-order valence-electron chi connectivity index (χ2n) is 6.35. The van der Waals surface area contributed by atoms with Gasteiger partial charge in [0.15, 0.2) is 0 Å². The minimum absolute atomic E-state index is 0.214. The molecule has 1 aliphatic rings. The maximum Gasteiger partial charge on any atom is 0.208 e. The van der Waals surface area contributed by atoms with Gasteiger partial charge in [0.25, 0.3) is 0 Å². The smallest absolute Gasteiger partial charge is 0.208 e. The maximum atomic E-state index is 13.0. The molecule has 25 heavy (non-hydrogen) atoms. The van der Waals surface area contributed by atoms with Crippen LogP contribution in [-0.2, 0) is 13.0 Å². The van der Waals surface area contributed by atoms with Crippen molar-refractivity contribution in [3.63, 3.8) is 0 Å². The molecule has 3 heterocycles. The van der Waals surface area contributed by atoms with Gasteiger partial charge in [-0.15, -0.1) is 10.2 Å². The fourth-order valence-corrected chi connectivity index (χ4v) is 4.11. The molecule has 130 valence electrons. The number of piperidine rings is 1. The number of rotatable bonds is 5. The molecule has 0 radical (unpaired) electrons. The van der Waals surface area contributed by atoms with Crippen molar-refractivity contribution in [2.24, 2.45) is 5.92 Å². The maximum absolute atomic E-state index is 13.0. The molecule has 2 aromatic heterocycles. The Morgan fingerprint density at radius 2 is 2.08 bits per heavy atom. The Hall–Kier alpha value is -2.35. The van der Waals surface area contributed by atoms with E-state index in [0.717, 1.165) is 41.8 Å². The molecule has 0 spiro atoms. The Labute approximate surface area is 149 Å². The number of benzene rings is 1. The monoisotopic (exact) mass is 358 g/mol. The normalized spacial score (nSPS) is 17.8. The van der Waals surface area contributed by atoms with Crippen LogP contribution in [0.4, 0.5) is 9.52 Å². The SMILES string of the molecule is Fc1ccc(Cc2nnc(N3CCCC(Cn4cncn4)C3)s2)cc1. The van der Waals surface area contributed by atoms with Crippen molar-refractivity contribution in [2.45, 2.75) is 25.8 Å². The molecule has 0 saturated carbocycles. The Morgan fingerprint density at radius 3 is 2.88 bits per heavy atom. The van der Waals surface area contributed by atoms with Crippen molar-refractivity contribution in [3.8, 4) is 0 Å². The Bertz CT molecular complexity index is 801. The van der Waals surface area contributed by atoms with Crippen molar-refractivity contribution >= 4 is 16.5 Å². The van der Waals surface area contributed by atoms with E-state index in [0.29, 0.717) is 12.3 Å². The third-order valence-electron chi connectivity index (χ3n) is 4.43. The molecule has 3 aromatic rings. The van der Waals surface area contributed by atoms with Crippen molar-refractivity contribution in [1.29, 1.82) is 0 Å². The van der Waals surface area contributed by atoms with E-state index in [1.54, 1.807) is 36.1 Å². The zero-order chi connectivity index (χ0) is 17.1. The summed E-state index contributed by atoms with van der Waals surface area (Å²) in [5.41, 5.74) is 1.05. The minimum atomic E-state index is -0.214. The summed E-state index contributed by atoms with van der Waals surface area (Å²) in [7, 11) is 0. The summed E-state index contributed by atoms with van der Waals surface area (Å²) in [5, 5.41) is 14.8. The van der Waals surface area contributed by atoms with Crippen LogP contribution in [0.25, 0.3) is 0 Å². The summed E-state index contributed by atoms with van der Waals surface area (Å²) < 4.78 is 14.9. The van der Waals surface area contributed by atoms with E-state index in [9.17, 15) is 4.39 Å². The van der Waals surface area contributed by atoms with Crippen LogP contribution in [0.3, 0.4) is 0 Å². The molecule has 1 atom stereocenters. The Balaban J connectivity index is 1.39. The first-order valence-electron chi connectivity index (χ1n) is 8.40. The molecule has 4 rings (SSSR count). The standard InChI is InChI=1S/C17H19FN6S/c18-15-5-3-13(4-6-15)8-16-21-22-17(25-16)23-7-1-2-14(9-23)10-24-12-19-11-20-24/h3-6,11-12,14H,1-2,7-10H2. The molecule has 0 bridgehead atoms. The van der Waals surface area contributed by atoms with Gasteiger partial charge in [0.2, 0.25) is 5.13 Å². The number of hydrogen-bond donors (Lipinski definition) is 0. The van der Waals surface area contributed by atoms with Gasteiger partial charge in [-0.05, 0) is 36.5 Å². The van der Waals surface area contributed by atoms with E-state index < -0.39 is 0 Å². The molecule has 8 heteroatoms. The Morgan fingerprint density at radius 1 is 1.20 bits per heavy atom. The van der Waals surface area contributed by atoms with Crippen LogP contribution >= 0.6 is 11.3 Å². The van der Waals surface area contributed by atoms with Crippen LogP contribution in [0.2, 0.25) is 0 Å². The predicted octanol–water partition coefficient (Wildman–Crippen LogP) is 2.78. The number of nitrogens with zero attached hydrogens (tertiary/aromatic N) is 6. The lowest BCUT2D eigenvalue weighted by atomic mass is 9.98. The second-order valence-corrected chi connectivity index (χ2v) is 7.39. The summed E-state index contributed by atoms with van der Waals surface area (Å²) >= 11 is 1.62. The first-order valence-corrected chi connectivity index (χ1v) is 9.22. The second kappa shape index (κ2) is 7.26. The summed E-state index contributed by atoms with van der Waals surface area (Å²) in [6.45, 7) is 2.86. The van der Waals surface area contributed by atoms with Crippen LogP contribution in [-0.4, -0.2) is 38.1 Å². The highest BCUT2D eigenvalue weighted by Crippen LogP contribution is 2.27. The van der Waals surface area contributed by atoms with Crippen molar-refractivity contribution < 1.29 is 4.39 Å². The van der Waals surface area contributed by atoms with Gasteiger partial charge < -0.3 is 4.90 Å². The summed E-state index contributed by atoms with van der Waals surface area (Å²) in [6.07, 6.45) is 6.37. The molecule has 0 N–H and O–H groups in total. The third kappa shape index (κ3) is 4.01. The van der Waals surface area contributed by atoms with Gasteiger partial charge in [-0.25, -0.2) is 9.37 Å². The van der Waals surface area contributed by atoms with Gasteiger partial charge in [0.05, 0.1) is 0 Å². The van der Waals surface area contributed by atoms with Crippen LogP contribution in [0, 0.1) is 11.7 Å². The highest BCUT2D eigenvalue weighted by molar-refractivity contribution is 7.15. The van der Waals surface area contributed by atoms with Crippen molar-refractivity contribution in [2.75, 3.05) is 18.0 Å². The largest absolute Gasteiger partial charge is 0.346 e. The van der Waals surface area contributed by atoms with Crippen LogP contribution in [0.5, 0.6) is 0 Å². The van der Waals surface area contributed by atoms with E-state index in [4.69, 9.17) is 0 Å². The first kappa shape index (κ1) is 16.1. The average molecular weight is 358 g/mol. The van der Waals surface area contributed by atoms with Crippen LogP contribution in [0.15, 0.2) is 36.9 Å². The topological polar surface area (TPSA) is 59.7 Å². The van der Waals surface area contributed by atoms with Gasteiger partial charge in [-0.3, -0.25) is 4.68 Å². The van der Waals surface area contributed by atoms with E-state index in [2.05, 4.69) is 25.2 Å². The fourth-order valence-electron chi connectivity index (χ4n) is 3.20. The first-order chi connectivity index (χ1) is 12.3. The zero-order valence-electron chi connectivity index (χ0n) is 13.8. The van der Waals surface area contributed by atoms with E-state index in [1.807, 2.05) is 4.68 Å². The lowest BCUT2D eigenvalue weighted by Gasteiger charge is -2.32. The molecular formula is C17H19FN6S. The van der Waals surface area contributed by atoms with Crippen LogP contribution in [0.1, 0.15) is 23.4 Å². The molecule has 1 saturated heterocycles. The molecule has 1 fully saturated rings. The van der Waals surface area contributed by atoms with Gasteiger partial charge in [0, 0.05) is 26.1 Å². The third-order valence-corrected chi connectivity index (χ3v) is 5.41. The molecule has 1 aliphatic heterocycles. The molecule has 0 aliphatic carbocycles. The molecule has 1 unspecified atom stereocenters. The quantitative estimate of drug-likeness (QED) is 0.702. The van der Waals surface area contributed by atoms with E-state index in [1.165, 1.54) is 18.6 Å². The predicted molar refractivity (Wildman–Crippen MR) is 94.1 cm³/mol. The number of hydrogen-bond acceptors (Lipinski definition) is 6. The molecular weight excluding hydrogens is 339 g/mol. The fraction of sp³-hybridized carbons (Fsp3) is 0.412. The van der Waals surface area contributed by atoms with Gasteiger partial charge in [-0.1, -0.05) is 23.5 Å². The van der Waals surface area contributed by atoms with Crippen molar-refractivity contribution in [1.82, 2.24) is 25.0 Å². The minimum Gasteiger partial charge on any atom is -0.346 e. The number of halogens is 1. The zero-order valence-corrected chi connectivity index (χ0v) is 14.6. The average Bonchev–Trinajstić information content (AvgIpc) is 3.29. The van der Waals surface area contributed by atoms with E-state index >= 15 is 0 Å². The number of anilines is 1. The molecule has 6 nitrogen and oxygen atoms in total. The van der Waals surface area contributed by atoms with Crippen LogP contribution < -0.4 is 4.90 Å². The molecule has 0 amide bonds. The number of aromatic nitrogens is 5. The van der Waals surface area contributed by atoms with E-state index in [-0.39, 0.29) is 5.82 Å². The highest BCUT2D eigenvalue weighted by atomic mass is 32.1. The lowest BCUT2D eigenvalue weighted by molar-refractivity contribution is 0.351. The molecule has 1 aromatic carbocycles. The van der Waals surface area contributed by atoms with Gasteiger partial charge in [-0.2, -0.15) is 5.10 Å². The highest BCUT2D eigenvalue weighted by Gasteiger charge is 2.23. The van der Waals surface area contributed by atoms with Crippen molar-refractivity contribution in [3.05, 3.63) is 53.3 Å².